The summed E-state index contributed by atoms with van der Waals surface area (Å²) in [6, 6.07) is 3.24. The van der Waals surface area contributed by atoms with Gasteiger partial charge in [0.2, 0.25) is 0 Å². The summed E-state index contributed by atoms with van der Waals surface area (Å²) in [5, 5.41) is -0.318. The van der Waals surface area contributed by atoms with Gasteiger partial charge in [0.05, 0.1) is 12.5 Å². The first-order valence-corrected chi connectivity index (χ1v) is 6.46. The molecule has 0 radical (unpaired) electrons. The third-order valence-corrected chi connectivity index (χ3v) is 3.18. The Morgan fingerprint density at radius 1 is 1.37 bits per heavy atom. The molecule has 102 valence electrons. The zero-order valence-electron chi connectivity index (χ0n) is 11.3. The number of hydrogen-bond donors (Lipinski definition) is 0. The van der Waals surface area contributed by atoms with E-state index in [1.807, 2.05) is 26.0 Å². The maximum Gasteiger partial charge on any atom is 0.328 e. The lowest BCUT2D eigenvalue weighted by Gasteiger charge is -2.15. The number of ether oxygens (including phenoxy) is 1. The second-order valence-electron chi connectivity index (χ2n) is 4.45. The van der Waals surface area contributed by atoms with Crippen molar-refractivity contribution in [3.05, 3.63) is 23.7 Å². The van der Waals surface area contributed by atoms with E-state index in [0.717, 1.165) is 11.2 Å². The quantitative estimate of drug-likeness (QED) is 0.641. The lowest BCUT2D eigenvalue weighted by molar-refractivity contribution is -0.144. The predicted octanol–water partition coefficient (Wildman–Crippen LogP) is 2.77. The molecule has 0 amide bonds. The van der Waals surface area contributed by atoms with Gasteiger partial charge in [-0.25, -0.2) is 14.8 Å². The summed E-state index contributed by atoms with van der Waals surface area (Å²) >= 11 is 6.15. The van der Waals surface area contributed by atoms with Crippen molar-refractivity contribution in [2.75, 3.05) is 7.11 Å². The number of fused-ring (bicyclic) bond motifs is 1. The summed E-state index contributed by atoms with van der Waals surface area (Å²) in [5.74, 6) is 0.272. The van der Waals surface area contributed by atoms with Crippen molar-refractivity contribution in [2.24, 2.45) is 0 Å². The van der Waals surface area contributed by atoms with Crippen molar-refractivity contribution in [1.82, 2.24) is 14.5 Å². The molecule has 0 fully saturated rings. The maximum atomic E-state index is 11.8. The first-order chi connectivity index (χ1) is 8.95. The van der Waals surface area contributed by atoms with Crippen molar-refractivity contribution >= 4 is 28.7 Å². The van der Waals surface area contributed by atoms with Crippen LogP contribution in [-0.2, 0) is 9.53 Å². The standard InChI is InChI=1S/C13H16ClN3O2/c1-7-5-6-10-12(15-7)17(9(3)13(18)19-4)11(16-10)8(2)14/h5-6,8-9H,1-4H3. The third-order valence-electron chi connectivity index (χ3n) is 2.99. The molecule has 0 aliphatic rings. The molecule has 2 unspecified atom stereocenters. The van der Waals surface area contributed by atoms with Gasteiger partial charge in [0.15, 0.2) is 5.65 Å². The summed E-state index contributed by atoms with van der Waals surface area (Å²) in [5.41, 5.74) is 2.24. The summed E-state index contributed by atoms with van der Waals surface area (Å²) in [4.78, 5) is 20.7. The van der Waals surface area contributed by atoms with Crippen LogP contribution in [0.25, 0.3) is 11.2 Å². The third kappa shape index (κ3) is 2.42. The number of halogens is 1. The number of carbonyl (C=O) groups excluding carboxylic acids is 1. The zero-order chi connectivity index (χ0) is 14.2. The largest absolute Gasteiger partial charge is 0.467 e. The molecular weight excluding hydrogens is 266 g/mol. The van der Waals surface area contributed by atoms with E-state index in [0.29, 0.717) is 11.5 Å². The van der Waals surface area contributed by atoms with E-state index in [-0.39, 0.29) is 11.3 Å². The Kier molecular flexibility index (Phi) is 3.75. The Bertz CT molecular complexity index is 622. The van der Waals surface area contributed by atoms with Crippen LogP contribution >= 0.6 is 11.6 Å². The fourth-order valence-corrected chi connectivity index (χ4v) is 2.18. The second-order valence-corrected chi connectivity index (χ2v) is 5.11. The van der Waals surface area contributed by atoms with Gasteiger partial charge in [-0.15, -0.1) is 11.6 Å². The molecule has 2 heterocycles. The number of rotatable bonds is 3. The molecule has 2 aromatic rings. The minimum atomic E-state index is -0.513. The predicted molar refractivity (Wildman–Crippen MR) is 73.3 cm³/mol. The van der Waals surface area contributed by atoms with E-state index in [1.165, 1.54) is 7.11 Å². The number of nitrogens with zero attached hydrogens (tertiary/aromatic N) is 3. The van der Waals surface area contributed by atoms with E-state index < -0.39 is 6.04 Å². The number of carbonyl (C=O) groups is 1. The number of imidazole rings is 1. The van der Waals surface area contributed by atoms with Crippen molar-refractivity contribution in [1.29, 1.82) is 0 Å². The lowest BCUT2D eigenvalue weighted by atomic mass is 10.3. The van der Waals surface area contributed by atoms with Crippen LogP contribution in [0.3, 0.4) is 0 Å². The molecule has 0 aromatic carbocycles. The average molecular weight is 282 g/mol. The number of alkyl halides is 1. The number of aryl methyl sites for hydroxylation is 1. The molecular formula is C13H16ClN3O2. The van der Waals surface area contributed by atoms with Crippen LogP contribution in [0.1, 0.15) is 36.8 Å². The number of pyridine rings is 1. The van der Waals surface area contributed by atoms with Crippen molar-refractivity contribution in [3.63, 3.8) is 0 Å². The van der Waals surface area contributed by atoms with Crippen molar-refractivity contribution in [2.45, 2.75) is 32.2 Å². The van der Waals surface area contributed by atoms with E-state index in [4.69, 9.17) is 16.3 Å². The molecule has 5 nitrogen and oxygen atoms in total. The molecule has 0 saturated heterocycles. The average Bonchev–Trinajstić information content (AvgIpc) is 2.75. The molecule has 0 aliphatic carbocycles. The Morgan fingerprint density at radius 2 is 2.05 bits per heavy atom. The van der Waals surface area contributed by atoms with Gasteiger partial charge in [0, 0.05) is 5.69 Å². The molecule has 6 heteroatoms. The van der Waals surface area contributed by atoms with Crippen LogP contribution in [0.15, 0.2) is 12.1 Å². The van der Waals surface area contributed by atoms with Gasteiger partial charge in [-0.3, -0.25) is 4.57 Å². The highest BCUT2D eigenvalue weighted by molar-refractivity contribution is 6.20. The second kappa shape index (κ2) is 5.17. The molecule has 0 aliphatic heterocycles. The van der Waals surface area contributed by atoms with E-state index in [9.17, 15) is 4.79 Å². The van der Waals surface area contributed by atoms with Crippen LogP contribution in [0, 0.1) is 6.92 Å². The number of hydrogen-bond acceptors (Lipinski definition) is 4. The zero-order valence-corrected chi connectivity index (χ0v) is 12.1. The first-order valence-electron chi connectivity index (χ1n) is 6.03. The Labute approximate surface area is 116 Å². The number of esters is 1. The fraction of sp³-hybridized carbons (Fsp3) is 0.462. The van der Waals surface area contributed by atoms with Gasteiger partial charge in [-0.05, 0) is 32.9 Å². The highest BCUT2D eigenvalue weighted by Crippen LogP contribution is 2.27. The van der Waals surface area contributed by atoms with Gasteiger partial charge < -0.3 is 4.74 Å². The number of aromatic nitrogens is 3. The van der Waals surface area contributed by atoms with Crippen LogP contribution in [-0.4, -0.2) is 27.6 Å². The maximum absolute atomic E-state index is 11.8. The smallest absolute Gasteiger partial charge is 0.328 e. The normalized spacial score (nSPS) is 14.4. The Balaban J connectivity index is 2.70. The molecule has 2 rings (SSSR count). The number of methoxy groups -OCH3 is 1. The van der Waals surface area contributed by atoms with Gasteiger partial charge >= 0.3 is 5.97 Å². The van der Waals surface area contributed by atoms with E-state index in [2.05, 4.69) is 9.97 Å². The summed E-state index contributed by atoms with van der Waals surface area (Å²) in [6.45, 7) is 5.46. The van der Waals surface area contributed by atoms with Crippen molar-refractivity contribution < 1.29 is 9.53 Å². The van der Waals surface area contributed by atoms with E-state index in [1.54, 1.807) is 11.5 Å². The molecule has 0 N–H and O–H groups in total. The Hall–Kier alpha value is -1.62. The highest BCUT2D eigenvalue weighted by atomic mass is 35.5. The summed E-state index contributed by atoms with van der Waals surface area (Å²) in [6.07, 6.45) is 0. The monoisotopic (exact) mass is 281 g/mol. The fourth-order valence-electron chi connectivity index (χ4n) is 2.02. The highest BCUT2D eigenvalue weighted by Gasteiger charge is 2.24. The van der Waals surface area contributed by atoms with Gasteiger partial charge in [-0.1, -0.05) is 0 Å². The van der Waals surface area contributed by atoms with Crippen LogP contribution < -0.4 is 0 Å². The minimum Gasteiger partial charge on any atom is -0.467 e. The van der Waals surface area contributed by atoms with Crippen LogP contribution in [0.2, 0.25) is 0 Å². The molecule has 0 spiro atoms. The topological polar surface area (TPSA) is 57.0 Å². The molecule has 2 aromatic heterocycles. The summed E-state index contributed by atoms with van der Waals surface area (Å²) < 4.78 is 6.53. The molecule has 0 bridgehead atoms. The van der Waals surface area contributed by atoms with Gasteiger partial charge in [-0.2, -0.15) is 0 Å². The minimum absolute atomic E-state index is 0.318. The SMILES string of the molecule is COC(=O)C(C)n1c(C(C)Cl)nc2ccc(C)nc21. The van der Waals surface area contributed by atoms with Crippen molar-refractivity contribution in [3.8, 4) is 0 Å². The van der Waals surface area contributed by atoms with Crippen LogP contribution in [0.4, 0.5) is 0 Å². The lowest BCUT2D eigenvalue weighted by Crippen LogP contribution is -2.20. The van der Waals surface area contributed by atoms with Crippen LogP contribution in [0.5, 0.6) is 0 Å². The Morgan fingerprint density at radius 3 is 2.63 bits per heavy atom. The van der Waals surface area contributed by atoms with Gasteiger partial charge in [0.1, 0.15) is 17.4 Å². The first kappa shape index (κ1) is 13.8. The van der Waals surface area contributed by atoms with E-state index >= 15 is 0 Å². The molecule has 0 saturated carbocycles. The van der Waals surface area contributed by atoms with Gasteiger partial charge in [0.25, 0.3) is 0 Å². The molecule has 19 heavy (non-hydrogen) atoms. The molecule has 2 atom stereocenters. The summed E-state index contributed by atoms with van der Waals surface area (Å²) in [7, 11) is 1.36.